The number of benzene rings is 2. The Hall–Kier alpha value is -4.01. The van der Waals surface area contributed by atoms with Crippen LogP contribution >= 0.6 is 0 Å². The van der Waals surface area contributed by atoms with Gasteiger partial charge < -0.3 is 29.6 Å². The van der Waals surface area contributed by atoms with Crippen molar-refractivity contribution in [3.63, 3.8) is 0 Å². The highest BCUT2D eigenvalue weighted by Gasteiger charge is 2.25. The molecule has 0 bridgehead atoms. The van der Waals surface area contributed by atoms with Crippen molar-refractivity contribution >= 4 is 22.8 Å². The molecule has 0 aliphatic carbocycles. The van der Waals surface area contributed by atoms with Crippen molar-refractivity contribution < 1.29 is 29.3 Å². The Morgan fingerprint density at radius 1 is 1.16 bits per heavy atom. The first-order valence-electron chi connectivity index (χ1n) is 9.65. The van der Waals surface area contributed by atoms with Gasteiger partial charge in [0.2, 0.25) is 12.2 Å². The number of carbonyl (C=O) groups excluding carboxylic acids is 1. The maximum Gasteiger partial charge on any atom is 0.326 e. The van der Waals surface area contributed by atoms with Crippen LogP contribution in [0.5, 0.6) is 17.2 Å². The molecule has 2 heterocycles. The van der Waals surface area contributed by atoms with E-state index < -0.39 is 23.3 Å². The Kier molecular flexibility index (Phi) is 5.24. The number of phenols is 1. The number of hydrogen-bond donors (Lipinski definition) is 3. The van der Waals surface area contributed by atoms with E-state index in [0.717, 1.165) is 0 Å². The zero-order valence-electron chi connectivity index (χ0n) is 16.6. The van der Waals surface area contributed by atoms with Crippen molar-refractivity contribution in [1.82, 2.24) is 9.88 Å². The van der Waals surface area contributed by atoms with Gasteiger partial charge in [-0.1, -0.05) is 12.1 Å². The van der Waals surface area contributed by atoms with Gasteiger partial charge in [-0.15, -0.1) is 0 Å². The molecule has 0 fully saturated rings. The van der Waals surface area contributed by atoms with Gasteiger partial charge in [-0.3, -0.25) is 9.59 Å². The summed E-state index contributed by atoms with van der Waals surface area (Å²) < 4.78 is 12.4. The van der Waals surface area contributed by atoms with Crippen LogP contribution in [-0.2, 0) is 17.8 Å². The number of hydrogen-bond acceptors (Lipinski definition) is 6. The molecule has 0 saturated carbocycles. The number of rotatable bonds is 6. The molecule has 1 amide bonds. The predicted octanol–water partition coefficient (Wildman–Crippen LogP) is 1.88. The second-order valence-corrected chi connectivity index (χ2v) is 7.12. The third kappa shape index (κ3) is 3.89. The molecule has 0 radical (unpaired) electrons. The summed E-state index contributed by atoms with van der Waals surface area (Å²) in [6, 6.07) is 7.98. The normalized spacial score (nSPS) is 13.2. The first kappa shape index (κ1) is 20.3. The lowest BCUT2D eigenvalue weighted by molar-refractivity contribution is -0.139. The van der Waals surface area contributed by atoms with Crippen molar-refractivity contribution in [3.05, 3.63) is 63.9 Å². The van der Waals surface area contributed by atoms with Crippen LogP contribution in [0, 0.1) is 0 Å². The van der Waals surface area contributed by atoms with Gasteiger partial charge in [-0.2, -0.15) is 0 Å². The summed E-state index contributed by atoms with van der Waals surface area (Å²) in [4.78, 5) is 37.6. The number of amides is 1. The Morgan fingerprint density at radius 3 is 2.48 bits per heavy atom. The molecular formula is C22H20N2O7. The summed E-state index contributed by atoms with van der Waals surface area (Å²) in [5, 5.41) is 21.7. The van der Waals surface area contributed by atoms with Gasteiger partial charge in [0, 0.05) is 25.2 Å². The fourth-order valence-corrected chi connectivity index (χ4v) is 3.51. The molecule has 1 aromatic heterocycles. The molecule has 31 heavy (non-hydrogen) atoms. The summed E-state index contributed by atoms with van der Waals surface area (Å²) in [6.07, 6.45) is 1.41. The van der Waals surface area contributed by atoms with Gasteiger partial charge in [-0.05, 0) is 30.7 Å². The number of carboxylic acids is 1. The number of phenolic OH excluding ortho intramolecular Hbond substituents is 1. The number of aliphatic carboxylic acids is 1. The number of fused-ring (bicyclic) bond motifs is 2. The average Bonchev–Trinajstić information content (AvgIpc) is 3.21. The number of nitrogens with zero attached hydrogens (tertiary/aromatic N) is 1. The minimum atomic E-state index is -1.25. The summed E-state index contributed by atoms with van der Waals surface area (Å²) in [5.41, 5.74) is 0.518. The number of nitrogens with one attached hydrogen (secondary N) is 1. The lowest BCUT2D eigenvalue weighted by Crippen LogP contribution is -2.43. The highest BCUT2D eigenvalue weighted by molar-refractivity contribution is 5.99. The topological polar surface area (TPSA) is 127 Å². The molecule has 160 valence electrons. The Bertz CT molecular complexity index is 1230. The average molecular weight is 424 g/mol. The van der Waals surface area contributed by atoms with Crippen LogP contribution in [0.3, 0.4) is 0 Å². The first-order chi connectivity index (χ1) is 14.9. The molecule has 3 aromatic rings. The van der Waals surface area contributed by atoms with Crippen molar-refractivity contribution in [2.45, 2.75) is 25.9 Å². The molecule has 9 heteroatoms. The number of carboxylic acid groups (broad SMARTS) is 1. The van der Waals surface area contributed by atoms with Gasteiger partial charge in [0.15, 0.2) is 11.5 Å². The predicted molar refractivity (Wildman–Crippen MR) is 111 cm³/mol. The van der Waals surface area contributed by atoms with Crippen LogP contribution in [0.4, 0.5) is 0 Å². The van der Waals surface area contributed by atoms with E-state index >= 15 is 0 Å². The number of aromatic nitrogens is 1. The number of aryl methyl sites for hydroxylation is 1. The molecular weight excluding hydrogens is 404 g/mol. The van der Waals surface area contributed by atoms with Crippen LogP contribution in [0.25, 0.3) is 10.9 Å². The molecule has 1 atom stereocenters. The molecule has 2 aromatic carbocycles. The van der Waals surface area contributed by atoms with Crippen molar-refractivity contribution in [1.29, 1.82) is 0 Å². The number of carbonyl (C=O) groups is 2. The summed E-state index contributed by atoms with van der Waals surface area (Å²) in [7, 11) is 0. The minimum Gasteiger partial charge on any atom is -0.508 e. The smallest absolute Gasteiger partial charge is 0.326 e. The van der Waals surface area contributed by atoms with Gasteiger partial charge in [0.1, 0.15) is 17.4 Å². The molecule has 3 N–H and O–H groups in total. The maximum atomic E-state index is 13.0. The van der Waals surface area contributed by atoms with E-state index in [1.54, 1.807) is 22.8 Å². The van der Waals surface area contributed by atoms with Gasteiger partial charge >= 0.3 is 5.97 Å². The van der Waals surface area contributed by atoms with Crippen LogP contribution < -0.4 is 20.2 Å². The second kappa shape index (κ2) is 8.02. The quantitative estimate of drug-likeness (QED) is 0.551. The maximum absolute atomic E-state index is 13.0. The highest BCUT2D eigenvalue weighted by Crippen LogP contribution is 2.35. The molecule has 1 aliphatic heterocycles. The molecule has 1 aliphatic rings. The van der Waals surface area contributed by atoms with Gasteiger partial charge in [0.05, 0.1) is 10.9 Å². The zero-order chi connectivity index (χ0) is 22.1. The lowest BCUT2D eigenvalue weighted by atomic mass is 10.0. The second-order valence-electron chi connectivity index (χ2n) is 7.12. The largest absolute Gasteiger partial charge is 0.508 e. The SMILES string of the molecule is CCn1cc(C(=O)N[C@H](Cc2ccc(O)cc2)C(=O)O)c(=O)c2cc3c(cc21)OCO3. The molecule has 0 saturated heterocycles. The minimum absolute atomic E-state index is 0.00438. The van der Waals surface area contributed by atoms with E-state index in [2.05, 4.69) is 5.32 Å². The number of ether oxygens (including phenoxy) is 2. The number of aromatic hydroxyl groups is 1. The van der Waals surface area contributed by atoms with Crippen LogP contribution in [0.15, 0.2) is 47.4 Å². The van der Waals surface area contributed by atoms with Crippen molar-refractivity contribution in [3.8, 4) is 17.2 Å². The first-order valence-corrected chi connectivity index (χ1v) is 9.65. The third-order valence-corrected chi connectivity index (χ3v) is 5.14. The Balaban J connectivity index is 1.68. The van der Waals surface area contributed by atoms with Crippen LogP contribution in [0.1, 0.15) is 22.8 Å². The fraction of sp³-hybridized carbons (Fsp3) is 0.227. The lowest BCUT2D eigenvalue weighted by Gasteiger charge is -2.16. The fourth-order valence-electron chi connectivity index (χ4n) is 3.51. The van der Waals surface area contributed by atoms with E-state index in [1.807, 2.05) is 6.92 Å². The van der Waals surface area contributed by atoms with E-state index in [9.17, 15) is 24.6 Å². The van der Waals surface area contributed by atoms with E-state index in [0.29, 0.717) is 29.1 Å². The molecule has 0 spiro atoms. The summed E-state index contributed by atoms with van der Waals surface area (Å²) in [5.74, 6) is -1.03. The summed E-state index contributed by atoms with van der Waals surface area (Å²) in [6.45, 7) is 2.39. The Labute approximate surface area is 176 Å². The van der Waals surface area contributed by atoms with Crippen LogP contribution in [-0.4, -0.2) is 39.5 Å². The van der Waals surface area contributed by atoms with Crippen molar-refractivity contribution in [2.75, 3.05) is 6.79 Å². The number of pyridine rings is 1. The standard InChI is InChI=1S/C22H20N2O7/c1-2-24-10-15(20(26)14-8-18-19(9-17(14)24)31-11-30-18)21(27)23-16(22(28)29)7-12-3-5-13(25)6-4-12/h3-6,8-10,16,25H,2,7,11H2,1H3,(H,23,27)(H,28,29)/t16-/m1/s1. The van der Waals surface area contributed by atoms with Gasteiger partial charge in [0.25, 0.3) is 5.91 Å². The van der Waals surface area contributed by atoms with Crippen LogP contribution in [0.2, 0.25) is 0 Å². The van der Waals surface area contributed by atoms with E-state index in [-0.39, 0.29) is 29.9 Å². The highest BCUT2D eigenvalue weighted by atomic mass is 16.7. The third-order valence-electron chi connectivity index (χ3n) is 5.14. The van der Waals surface area contributed by atoms with E-state index in [4.69, 9.17) is 9.47 Å². The molecule has 4 rings (SSSR count). The molecule has 0 unspecified atom stereocenters. The van der Waals surface area contributed by atoms with Crippen molar-refractivity contribution in [2.24, 2.45) is 0 Å². The monoisotopic (exact) mass is 424 g/mol. The molecule has 9 nitrogen and oxygen atoms in total. The van der Waals surface area contributed by atoms with E-state index in [1.165, 1.54) is 24.4 Å². The zero-order valence-corrected chi connectivity index (χ0v) is 16.6. The Morgan fingerprint density at radius 2 is 1.84 bits per heavy atom. The van der Waals surface area contributed by atoms with Gasteiger partial charge in [-0.25, -0.2) is 4.79 Å². The summed E-state index contributed by atoms with van der Waals surface area (Å²) >= 11 is 0.